The second kappa shape index (κ2) is 8.05. The van der Waals surface area contributed by atoms with Crippen LogP contribution in [0.2, 0.25) is 0 Å². The maximum absolute atomic E-state index is 14.0. The van der Waals surface area contributed by atoms with E-state index in [1.54, 1.807) is 37.6 Å². The Labute approximate surface area is 165 Å². The minimum atomic E-state index is -0.442. The van der Waals surface area contributed by atoms with Crippen LogP contribution in [0.15, 0.2) is 51.9 Å². The molecule has 0 saturated heterocycles. The van der Waals surface area contributed by atoms with Crippen molar-refractivity contribution < 1.29 is 18.5 Å². The van der Waals surface area contributed by atoms with E-state index in [1.807, 2.05) is 0 Å². The molecule has 26 heavy (non-hydrogen) atoms. The first-order chi connectivity index (χ1) is 12.5. The number of halogens is 3. The van der Waals surface area contributed by atoms with E-state index in [9.17, 15) is 9.18 Å². The lowest BCUT2D eigenvalue weighted by molar-refractivity contribution is -0.716. The summed E-state index contributed by atoms with van der Waals surface area (Å²) in [5, 5.41) is 4.15. The summed E-state index contributed by atoms with van der Waals surface area (Å²) in [6, 6.07) is 4.80. The molecular weight excluding hydrogens is 471 g/mol. The first kappa shape index (κ1) is 18.7. The van der Waals surface area contributed by atoms with Crippen LogP contribution in [-0.4, -0.2) is 27.3 Å². The summed E-state index contributed by atoms with van der Waals surface area (Å²) in [5.41, 5.74) is 1.15. The number of hydrogen-bond acceptors (Lipinski definition) is 4. The number of aromatic nitrogens is 4. The highest BCUT2D eigenvalue weighted by Crippen LogP contribution is 2.19. The Hall–Kier alpha value is -2.13. The molecule has 0 amide bonds. The van der Waals surface area contributed by atoms with Gasteiger partial charge in [0.2, 0.25) is 0 Å². The molecule has 3 aromatic rings. The number of carbonyl (C=O) groups excluding carboxylic acids is 1. The zero-order valence-corrected chi connectivity index (χ0v) is 16.9. The minimum absolute atomic E-state index is 0.292. The number of ether oxygens (including phenoxy) is 1. The summed E-state index contributed by atoms with van der Waals surface area (Å²) in [6.45, 7) is 2.33. The molecular formula is C17H14Br2FN4O2+. The highest BCUT2D eigenvalue weighted by atomic mass is 79.9. The largest absolute Gasteiger partial charge is 0.462 e. The van der Waals surface area contributed by atoms with Crippen molar-refractivity contribution >= 4 is 37.8 Å². The lowest BCUT2D eigenvalue weighted by Gasteiger charge is -2.06. The summed E-state index contributed by atoms with van der Waals surface area (Å²) in [6.07, 6.45) is 6.25. The molecule has 0 aliphatic carbocycles. The molecule has 0 bridgehead atoms. The quantitative estimate of drug-likeness (QED) is 0.316. The molecule has 3 heterocycles. The van der Waals surface area contributed by atoms with Crippen molar-refractivity contribution in [2.24, 2.45) is 0 Å². The van der Waals surface area contributed by atoms with Gasteiger partial charge in [0.1, 0.15) is 0 Å². The van der Waals surface area contributed by atoms with Crippen molar-refractivity contribution in [3.05, 3.63) is 69.0 Å². The summed E-state index contributed by atoms with van der Waals surface area (Å²) in [4.78, 5) is 16.1. The van der Waals surface area contributed by atoms with Crippen LogP contribution in [0, 0.1) is 5.95 Å². The van der Waals surface area contributed by atoms with E-state index in [1.165, 1.54) is 21.5 Å². The fraction of sp³-hybridized carbons (Fsp3) is 0.176. The third kappa shape index (κ3) is 4.16. The fourth-order valence-corrected chi connectivity index (χ4v) is 3.01. The summed E-state index contributed by atoms with van der Waals surface area (Å²) in [5.74, 6) is -0.292. The van der Waals surface area contributed by atoms with Crippen molar-refractivity contribution in [2.45, 2.75) is 13.5 Å². The van der Waals surface area contributed by atoms with E-state index in [-0.39, 0.29) is 5.95 Å². The van der Waals surface area contributed by atoms with Gasteiger partial charge in [-0.15, -0.1) is 4.39 Å². The highest BCUT2D eigenvalue weighted by molar-refractivity contribution is 9.10. The molecule has 134 valence electrons. The van der Waals surface area contributed by atoms with Gasteiger partial charge in [0, 0.05) is 28.5 Å². The van der Waals surface area contributed by atoms with Gasteiger partial charge in [-0.3, -0.25) is 0 Å². The maximum atomic E-state index is 14.0. The van der Waals surface area contributed by atoms with Crippen LogP contribution in [0.4, 0.5) is 4.39 Å². The van der Waals surface area contributed by atoms with Crippen molar-refractivity contribution in [1.82, 2.24) is 14.8 Å². The summed E-state index contributed by atoms with van der Waals surface area (Å²) >= 11 is 6.78. The van der Waals surface area contributed by atoms with Crippen molar-refractivity contribution in [1.29, 1.82) is 0 Å². The van der Waals surface area contributed by atoms with Crippen LogP contribution in [0.5, 0.6) is 0 Å². The Morgan fingerprint density at radius 2 is 2.15 bits per heavy atom. The third-order valence-corrected chi connectivity index (χ3v) is 4.71. The van der Waals surface area contributed by atoms with Crippen molar-refractivity contribution in [3.8, 4) is 5.82 Å². The minimum Gasteiger partial charge on any atom is -0.462 e. The first-order valence-electron chi connectivity index (χ1n) is 7.69. The van der Waals surface area contributed by atoms with Gasteiger partial charge in [0.25, 0.3) is 0 Å². The molecule has 0 aromatic carbocycles. The lowest BCUT2D eigenvalue weighted by Crippen LogP contribution is -2.38. The normalized spacial score (nSPS) is 10.8. The van der Waals surface area contributed by atoms with Crippen LogP contribution in [0.25, 0.3) is 5.82 Å². The average molecular weight is 485 g/mol. The molecule has 0 aliphatic rings. The molecule has 9 heteroatoms. The molecule has 0 N–H and O–H groups in total. The van der Waals surface area contributed by atoms with Gasteiger partial charge in [-0.1, -0.05) is 0 Å². The monoisotopic (exact) mass is 483 g/mol. The zero-order valence-electron chi connectivity index (χ0n) is 13.7. The van der Waals surface area contributed by atoms with Crippen molar-refractivity contribution in [3.63, 3.8) is 0 Å². The number of carbonyl (C=O) groups is 1. The second-order valence-electron chi connectivity index (χ2n) is 5.33. The van der Waals surface area contributed by atoms with Gasteiger partial charge in [-0.2, -0.15) is 9.67 Å². The number of nitrogens with zero attached hydrogens (tertiary/aromatic N) is 4. The topological polar surface area (TPSA) is 60.9 Å². The lowest BCUT2D eigenvalue weighted by atomic mass is 10.2. The zero-order chi connectivity index (χ0) is 18.7. The van der Waals surface area contributed by atoms with E-state index >= 15 is 0 Å². The summed E-state index contributed by atoms with van der Waals surface area (Å²) < 4.78 is 23.4. The van der Waals surface area contributed by atoms with Gasteiger partial charge in [0.05, 0.1) is 22.8 Å². The number of pyridine rings is 2. The van der Waals surface area contributed by atoms with E-state index < -0.39 is 5.97 Å². The van der Waals surface area contributed by atoms with E-state index in [2.05, 4.69) is 41.9 Å². The van der Waals surface area contributed by atoms with E-state index in [0.29, 0.717) is 24.5 Å². The van der Waals surface area contributed by atoms with Gasteiger partial charge in [-0.05, 0) is 50.9 Å². The molecule has 0 fully saturated rings. The van der Waals surface area contributed by atoms with Crippen LogP contribution in [0.1, 0.15) is 22.8 Å². The molecule has 3 rings (SSSR count). The molecule has 6 nitrogen and oxygen atoms in total. The van der Waals surface area contributed by atoms with Crippen LogP contribution < -0.4 is 4.57 Å². The molecule has 0 radical (unpaired) electrons. The highest BCUT2D eigenvalue weighted by Gasteiger charge is 2.16. The summed E-state index contributed by atoms with van der Waals surface area (Å²) in [7, 11) is 0. The van der Waals surface area contributed by atoms with Gasteiger partial charge < -0.3 is 4.74 Å². The Kier molecular flexibility index (Phi) is 5.77. The van der Waals surface area contributed by atoms with E-state index in [4.69, 9.17) is 4.74 Å². The number of rotatable bonds is 5. The molecule has 0 spiro atoms. The second-order valence-corrected chi connectivity index (χ2v) is 7.10. The van der Waals surface area contributed by atoms with Crippen LogP contribution in [0.3, 0.4) is 0 Å². The molecule has 0 unspecified atom stereocenters. The number of hydrogen-bond donors (Lipinski definition) is 0. The van der Waals surface area contributed by atoms with Crippen LogP contribution >= 0.6 is 31.9 Å². The Morgan fingerprint density at radius 3 is 2.92 bits per heavy atom. The SMILES string of the molecule is CCOC(=O)c1cnn(-c2cc(C[n+]3cc(Br)ccc3F)c(Br)cn2)c1. The third-order valence-electron chi connectivity index (χ3n) is 3.52. The molecule has 0 atom stereocenters. The first-order valence-corrected chi connectivity index (χ1v) is 9.27. The van der Waals surface area contributed by atoms with Gasteiger partial charge in [-0.25, -0.2) is 14.5 Å². The predicted octanol–water partition coefficient (Wildman–Crippen LogP) is 3.44. The van der Waals surface area contributed by atoms with E-state index in [0.717, 1.165) is 14.5 Å². The molecule has 0 aliphatic heterocycles. The predicted molar refractivity (Wildman–Crippen MR) is 98.4 cm³/mol. The smallest absolute Gasteiger partial charge is 0.359 e. The Morgan fingerprint density at radius 1 is 1.35 bits per heavy atom. The standard InChI is InChI=1S/C17H14Br2FN4O2/c1-2-26-17(25)12-6-22-24(9-12)16-5-11(14(19)7-21-16)8-23-10-13(18)3-4-15(23)20/h3-7,9-10H,2,8H2,1H3/q+1. The Balaban J connectivity index is 1.90. The van der Waals surface area contributed by atoms with Gasteiger partial charge >= 0.3 is 11.9 Å². The maximum Gasteiger partial charge on any atom is 0.359 e. The fourth-order valence-electron chi connectivity index (χ4n) is 2.28. The molecule has 0 saturated carbocycles. The van der Waals surface area contributed by atoms with Gasteiger partial charge in [0.15, 0.2) is 18.6 Å². The Bertz CT molecular complexity index is 962. The molecule has 3 aromatic heterocycles. The van der Waals surface area contributed by atoms with Crippen molar-refractivity contribution in [2.75, 3.05) is 6.61 Å². The van der Waals surface area contributed by atoms with Crippen LogP contribution in [-0.2, 0) is 11.3 Å². The number of esters is 1. The average Bonchev–Trinajstić information content (AvgIpc) is 3.10.